The van der Waals surface area contributed by atoms with E-state index in [1.165, 1.54) is 81.4 Å². The van der Waals surface area contributed by atoms with Gasteiger partial charge in [0.15, 0.2) is 14.9 Å². The van der Waals surface area contributed by atoms with E-state index in [0.29, 0.717) is 27.9 Å². The molecule has 1 atom stereocenters. The maximum absolute atomic E-state index is 13.9. The van der Waals surface area contributed by atoms with Gasteiger partial charge in [-0.05, 0) is 43.3 Å². The van der Waals surface area contributed by atoms with Gasteiger partial charge in [0.2, 0.25) is 0 Å². The van der Waals surface area contributed by atoms with Crippen molar-refractivity contribution < 1.29 is 12.8 Å². The van der Waals surface area contributed by atoms with Crippen LogP contribution in [0.25, 0.3) is 22.2 Å². The molecule has 0 aliphatic rings. The number of sulfone groups is 1. The second-order valence-electron chi connectivity index (χ2n) is 13.5. The van der Waals surface area contributed by atoms with Gasteiger partial charge in [-0.1, -0.05) is 6.07 Å². The molecule has 4 heterocycles. The molecule has 0 radical (unpaired) electrons. The number of nitrogen functional groups attached to an aromatic ring is 1. The Bertz CT molecular complexity index is 2160. The zero-order chi connectivity index (χ0) is 39.3. The number of unbranched alkanes of at least 4 members (excludes halogenated alkanes) is 3. The number of hydrogen-bond donors (Lipinski definition) is 2. The third-order valence-electron chi connectivity index (χ3n) is 9.44. The van der Waals surface area contributed by atoms with Crippen molar-refractivity contribution in [2.45, 2.75) is 95.6 Å². The van der Waals surface area contributed by atoms with Gasteiger partial charge in [-0.2, -0.15) is 5.26 Å². The van der Waals surface area contributed by atoms with Crippen molar-refractivity contribution in [3.63, 3.8) is 0 Å². The molecule has 0 fully saturated rings. The number of thioether (sulfide) groups is 1. The molecule has 0 saturated carbocycles. The molecule has 0 bridgehead atoms. The number of nitrogens with one attached hydrogen (secondary N) is 1. The van der Waals surface area contributed by atoms with Gasteiger partial charge in [0.25, 0.3) is 0 Å². The Morgan fingerprint density at radius 3 is 2.20 bits per heavy atom. The minimum atomic E-state index is -3.55. The molecule has 286 valence electrons. The first kappa shape index (κ1) is 42.9. The van der Waals surface area contributed by atoms with E-state index in [4.69, 9.17) is 10.7 Å². The molecule has 5 rings (SSSR count). The molecule has 0 aliphatic heterocycles. The van der Waals surface area contributed by atoms with Gasteiger partial charge in [-0.25, -0.2) is 32.7 Å². The monoisotopic (exact) mass is 878 g/mol. The fraction of sp³-hybridized carbons (Fsp3) is 0.400. The fourth-order valence-corrected chi connectivity index (χ4v) is 23.2. The maximum atomic E-state index is 13.9. The predicted molar refractivity (Wildman–Crippen MR) is 222 cm³/mol. The van der Waals surface area contributed by atoms with Crippen molar-refractivity contribution in [1.82, 2.24) is 24.9 Å². The molecule has 1 unspecified atom stereocenters. The summed E-state index contributed by atoms with van der Waals surface area (Å²) in [6.07, 6.45) is 12.7. The van der Waals surface area contributed by atoms with Gasteiger partial charge >= 0.3 is 141 Å². The van der Waals surface area contributed by atoms with Gasteiger partial charge < -0.3 is 11.1 Å². The van der Waals surface area contributed by atoms with E-state index in [2.05, 4.69) is 70.5 Å². The normalized spacial score (nSPS) is 12.1. The summed E-state index contributed by atoms with van der Waals surface area (Å²) in [6.45, 7) is 8.80. The van der Waals surface area contributed by atoms with Crippen LogP contribution in [0.15, 0.2) is 77.0 Å². The summed E-state index contributed by atoms with van der Waals surface area (Å²) >= 11 is -0.494. The SMILES string of the molecule is CC(Nc1ncnc(N)c1C#N)c1nc2ccc(F)cc2cc1-c1cccc(S(C)(=O)=O)n1.CCC[CH2][Sn]([CH2]CCC)([CH2]CCC)[c]1cccc(SC)n1. The van der Waals surface area contributed by atoms with Crippen LogP contribution in [-0.2, 0) is 9.84 Å². The molecule has 0 amide bonds. The minimum absolute atomic E-state index is 0.0342. The zero-order valence-corrected chi connectivity index (χ0v) is 36.6. The summed E-state index contributed by atoms with van der Waals surface area (Å²) in [4.78, 5) is 22.0. The number of nitrogens with two attached hydrogens (primary N) is 1. The number of benzene rings is 1. The molecular formula is C40H51FN8O2S2Sn. The Balaban J connectivity index is 0.000000268. The Kier molecular flexibility index (Phi) is 16.0. The van der Waals surface area contributed by atoms with E-state index in [9.17, 15) is 18.1 Å². The number of pyridine rings is 3. The van der Waals surface area contributed by atoms with Gasteiger partial charge in [0.05, 0.1) is 22.9 Å². The van der Waals surface area contributed by atoms with Gasteiger partial charge in [0, 0.05) is 17.2 Å². The van der Waals surface area contributed by atoms with Crippen molar-refractivity contribution >= 4 is 66.2 Å². The van der Waals surface area contributed by atoms with Crippen molar-refractivity contribution in [3.05, 3.63) is 84.1 Å². The number of rotatable bonds is 16. The van der Waals surface area contributed by atoms with Crippen molar-refractivity contribution in [2.24, 2.45) is 0 Å². The van der Waals surface area contributed by atoms with Crippen LogP contribution in [0.5, 0.6) is 0 Å². The molecule has 10 nitrogen and oxygen atoms in total. The first-order chi connectivity index (χ1) is 25.9. The summed E-state index contributed by atoms with van der Waals surface area (Å²) in [6, 6.07) is 18.8. The first-order valence-electron chi connectivity index (χ1n) is 18.5. The summed E-state index contributed by atoms with van der Waals surface area (Å²) in [5.41, 5.74) is 7.75. The Labute approximate surface area is 327 Å². The van der Waals surface area contributed by atoms with E-state index in [1.54, 1.807) is 46.7 Å². The first-order valence-corrected chi connectivity index (χ1v) is 29.1. The summed E-state index contributed by atoms with van der Waals surface area (Å²) in [5.74, 6) is -0.170. The third kappa shape index (κ3) is 11.1. The quantitative estimate of drug-likeness (QED) is 0.0719. The molecule has 0 spiro atoms. The predicted octanol–water partition coefficient (Wildman–Crippen LogP) is 9.12. The van der Waals surface area contributed by atoms with Crippen LogP contribution < -0.4 is 14.8 Å². The number of hydrogen-bond acceptors (Lipinski definition) is 11. The molecule has 4 aromatic heterocycles. The van der Waals surface area contributed by atoms with Crippen molar-refractivity contribution in [1.29, 1.82) is 5.26 Å². The molecule has 0 aliphatic carbocycles. The number of nitriles is 1. The van der Waals surface area contributed by atoms with Crippen LogP contribution in [0.3, 0.4) is 0 Å². The number of nitrogens with zero attached hydrogens (tertiary/aromatic N) is 6. The second kappa shape index (κ2) is 20.2. The van der Waals surface area contributed by atoms with Crippen LogP contribution in [0.1, 0.15) is 83.5 Å². The summed E-state index contributed by atoms with van der Waals surface area (Å²) < 4.78 is 44.0. The Hall–Kier alpha value is -3.87. The Morgan fingerprint density at radius 2 is 1.59 bits per heavy atom. The van der Waals surface area contributed by atoms with Crippen molar-refractivity contribution in [2.75, 3.05) is 23.6 Å². The van der Waals surface area contributed by atoms with E-state index in [-0.39, 0.29) is 22.2 Å². The number of halogens is 1. The summed E-state index contributed by atoms with van der Waals surface area (Å²) in [7, 11) is -3.55. The molecule has 5 aromatic rings. The van der Waals surface area contributed by atoms with E-state index in [0.717, 1.165) is 6.26 Å². The topological polar surface area (TPSA) is 160 Å². The molecule has 3 N–H and O–H groups in total. The van der Waals surface area contributed by atoms with Crippen LogP contribution in [0.4, 0.5) is 16.0 Å². The van der Waals surface area contributed by atoms with Crippen LogP contribution in [0.2, 0.25) is 13.3 Å². The average Bonchev–Trinajstić information content (AvgIpc) is 3.17. The number of aromatic nitrogens is 5. The van der Waals surface area contributed by atoms with Gasteiger partial charge in [-0.3, -0.25) is 0 Å². The van der Waals surface area contributed by atoms with Crippen LogP contribution in [0, 0.1) is 17.1 Å². The Morgan fingerprint density at radius 1 is 0.926 bits per heavy atom. The van der Waals surface area contributed by atoms with E-state index >= 15 is 0 Å². The summed E-state index contributed by atoms with van der Waals surface area (Å²) in [5, 5.41) is 14.2. The van der Waals surface area contributed by atoms with Crippen LogP contribution in [-0.4, -0.2) is 64.2 Å². The molecule has 1 aromatic carbocycles. The van der Waals surface area contributed by atoms with E-state index in [1.807, 2.05) is 6.07 Å². The molecular weight excluding hydrogens is 826 g/mol. The zero-order valence-electron chi connectivity index (χ0n) is 32.1. The van der Waals surface area contributed by atoms with Gasteiger partial charge in [0.1, 0.15) is 35.4 Å². The average molecular weight is 878 g/mol. The molecule has 14 heteroatoms. The molecule has 0 saturated heterocycles. The van der Waals surface area contributed by atoms with Gasteiger partial charge in [-0.15, -0.1) is 0 Å². The molecule has 54 heavy (non-hydrogen) atoms. The van der Waals surface area contributed by atoms with Crippen LogP contribution >= 0.6 is 11.8 Å². The van der Waals surface area contributed by atoms with Crippen molar-refractivity contribution in [3.8, 4) is 17.3 Å². The number of fused-ring (bicyclic) bond motifs is 1. The second-order valence-corrected chi connectivity index (χ2v) is 29.3. The standard InChI is InChI=1S/C22H18FN7O2S.C6H6NS.3C4H9.Sn/c1-12(28-22-16(10-24)21(25)26-11-27-22)20-15(9-13-8-14(23)6-7-17(13)30-20)18-4-3-5-19(29-18)33(2,31)32;1-8-6-4-2-3-5-7-6;3*1-3-4-2;/h3-9,11-12H,1-2H3,(H3,25,26,27,28);2-4H,1H3;3*1,3-4H2,2H3;. The number of anilines is 2. The third-order valence-corrected chi connectivity index (χ3v) is 26.2. The fourth-order valence-electron chi connectivity index (χ4n) is 6.49. The van der Waals surface area contributed by atoms with E-state index < -0.39 is 40.1 Å².